The summed E-state index contributed by atoms with van der Waals surface area (Å²) in [6.07, 6.45) is 1.91. The minimum atomic E-state index is 0.605. The van der Waals surface area contributed by atoms with Crippen LogP contribution in [0.25, 0.3) is 10.9 Å². The van der Waals surface area contributed by atoms with Gasteiger partial charge >= 0.3 is 33.3 Å². The standard InChI is InChI=1S/C15H19NO3.2ClH.Cu/c1-2-17-9-10-18-11-12-19-14-7-3-5-13-6-4-8-16-15(13)14;;;/h3-8H,2,9-12H2,1H3;2*1H;/q;;;+2/p+1. The Balaban J connectivity index is 0.000000745. The summed E-state index contributed by atoms with van der Waals surface area (Å²) in [5.74, 6) is 0.881. The van der Waals surface area contributed by atoms with Gasteiger partial charge in [0.25, 0.3) is 5.52 Å². The molecule has 0 aliphatic heterocycles. The molecule has 1 aromatic carbocycles. The molecule has 127 valence electrons. The quantitative estimate of drug-likeness (QED) is 0.383. The first-order valence-corrected chi connectivity index (χ1v) is 9.52. The number of aromatic amines is 1. The van der Waals surface area contributed by atoms with E-state index < -0.39 is 0 Å². The van der Waals surface area contributed by atoms with Crippen LogP contribution in [-0.4, -0.2) is 42.5 Å². The Morgan fingerprint density at radius 2 is 1.82 bits per heavy atom. The Morgan fingerprint density at radius 3 is 2.59 bits per heavy atom. The van der Waals surface area contributed by atoms with Gasteiger partial charge in [0.2, 0.25) is 13.2 Å². The molecule has 2 aromatic rings. The first-order valence-electron chi connectivity index (χ1n) is 6.93. The fourth-order valence-corrected chi connectivity index (χ4v) is 1.88. The van der Waals surface area contributed by atoms with Gasteiger partial charge in [0.05, 0.1) is 5.39 Å². The number of pyridine rings is 1. The number of aromatic nitrogens is 1. The molecule has 0 saturated carbocycles. The van der Waals surface area contributed by atoms with Crippen LogP contribution < -0.4 is 9.72 Å². The Bertz CT molecular complexity index is 526. The van der Waals surface area contributed by atoms with E-state index in [-0.39, 0.29) is 0 Å². The Hall–Kier alpha value is -0.551. The molecule has 0 spiro atoms. The summed E-state index contributed by atoms with van der Waals surface area (Å²) in [7, 11) is 9.34. The zero-order chi connectivity index (χ0) is 16.0. The Labute approximate surface area is 145 Å². The summed E-state index contributed by atoms with van der Waals surface area (Å²) in [6.45, 7) is 5.84. The average Bonchev–Trinajstić information content (AvgIpc) is 2.55. The number of nitrogens with one attached hydrogen (secondary N) is 1. The van der Waals surface area contributed by atoms with E-state index in [1.807, 2.05) is 31.3 Å². The van der Waals surface area contributed by atoms with Crippen molar-refractivity contribution in [2.24, 2.45) is 0 Å². The van der Waals surface area contributed by atoms with Crippen molar-refractivity contribution < 1.29 is 32.3 Å². The van der Waals surface area contributed by atoms with Crippen molar-refractivity contribution in [3.8, 4) is 5.75 Å². The molecule has 7 heteroatoms. The van der Waals surface area contributed by atoms with E-state index in [4.69, 9.17) is 4.74 Å². The van der Waals surface area contributed by atoms with Crippen LogP contribution in [0.1, 0.15) is 6.92 Å². The molecule has 3 N–H and O–H groups in total. The molecular formula is C15H22Cl2CuNO3+3. The van der Waals surface area contributed by atoms with E-state index in [0.29, 0.717) is 13.2 Å². The van der Waals surface area contributed by atoms with Gasteiger partial charge in [0.1, 0.15) is 6.61 Å². The molecule has 0 aliphatic rings. The molecule has 1 aromatic heterocycles. The summed E-state index contributed by atoms with van der Waals surface area (Å²) in [6, 6.07) is 10.1. The van der Waals surface area contributed by atoms with Crippen molar-refractivity contribution >= 4 is 31.1 Å². The molecule has 0 aliphatic carbocycles. The van der Waals surface area contributed by atoms with Gasteiger partial charge in [-0.25, -0.2) is 4.98 Å². The molecule has 22 heavy (non-hydrogen) atoms. The first-order chi connectivity index (χ1) is 10.8. The van der Waals surface area contributed by atoms with E-state index in [0.717, 1.165) is 49.6 Å². The fourth-order valence-electron chi connectivity index (χ4n) is 1.88. The number of H-pyrrole nitrogens is 1. The molecule has 2 rings (SSSR count). The van der Waals surface area contributed by atoms with Gasteiger partial charge < -0.3 is 14.2 Å². The number of fused-ring (bicyclic) bond motifs is 1. The van der Waals surface area contributed by atoms with Crippen LogP contribution in [0.4, 0.5) is 0 Å². The normalized spacial score (nSPS) is 10.3. The third-order valence-corrected chi connectivity index (χ3v) is 2.80. The van der Waals surface area contributed by atoms with Crippen molar-refractivity contribution in [3.63, 3.8) is 0 Å². The van der Waals surface area contributed by atoms with E-state index in [1.165, 1.54) is 0 Å². The molecule has 0 atom stereocenters. The van der Waals surface area contributed by atoms with Crippen molar-refractivity contribution in [3.05, 3.63) is 36.5 Å². The second kappa shape index (κ2) is 12.9. The van der Waals surface area contributed by atoms with Crippen LogP contribution in [-0.2, 0) is 13.1 Å². The van der Waals surface area contributed by atoms with Gasteiger partial charge in [0, 0.05) is 13.0 Å². The maximum atomic E-state index is 5.77. The van der Waals surface area contributed by atoms with Crippen LogP contribution in [0, 0.1) is 0 Å². The van der Waals surface area contributed by atoms with E-state index in [2.05, 4.69) is 46.8 Å². The van der Waals surface area contributed by atoms with Gasteiger partial charge in [-0.3, -0.25) is 0 Å². The van der Waals surface area contributed by atoms with Gasteiger partial charge in [0.15, 0.2) is 25.2 Å². The zero-order valence-corrected chi connectivity index (χ0v) is 14.8. The molecule has 0 radical (unpaired) electrons. The summed E-state index contributed by atoms with van der Waals surface area (Å²) >= 11 is 0.757. The SMILES string of the molecule is CC[OH+]CC[OH+]CCOc1cccc2ccc[nH+]c12.[Cl][Cu][Cl]. The van der Waals surface area contributed by atoms with E-state index >= 15 is 0 Å². The zero-order valence-electron chi connectivity index (χ0n) is 12.4. The topological polar surface area (TPSA) is 49.0 Å². The Morgan fingerprint density at radius 1 is 1.09 bits per heavy atom. The van der Waals surface area contributed by atoms with Crippen LogP contribution >= 0.6 is 20.2 Å². The molecular weight excluding hydrogens is 377 g/mol. The molecule has 0 bridgehead atoms. The minimum absolute atomic E-state index is 0.605. The predicted molar refractivity (Wildman–Crippen MR) is 87.3 cm³/mol. The number of aliphatic hydroxyl groups is 4. The third-order valence-electron chi connectivity index (χ3n) is 2.80. The van der Waals surface area contributed by atoms with E-state index in [1.54, 1.807) is 0 Å². The fraction of sp³-hybridized carbons (Fsp3) is 0.400. The number of para-hydroxylation sites is 1. The van der Waals surface area contributed by atoms with Crippen molar-refractivity contribution in [2.75, 3.05) is 33.0 Å². The van der Waals surface area contributed by atoms with Gasteiger partial charge in [-0.2, -0.15) is 0 Å². The van der Waals surface area contributed by atoms with Crippen LogP contribution in [0.2, 0.25) is 0 Å². The Kier molecular flexibility index (Phi) is 11.5. The van der Waals surface area contributed by atoms with Crippen molar-refractivity contribution in [1.82, 2.24) is 0 Å². The van der Waals surface area contributed by atoms with Crippen LogP contribution in [0.5, 0.6) is 5.75 Å². The van der Waals surface area contributed by atoms with Crippen molar-refractivity contribution in [2.45, 2.75) is 6.92 Å². The second-order valence-electron chi connectivity index (χ2n) is 4.22. The third kappa shape index (κ3) is 7.63. The summed E-state index contributed by atoms with van der Waals surface area (Å²) in [5.41, 5.74) is 1.03. The summed E-state index contributed by atoms with van der Waals surface area (Å²) in [4.78, 5) is 3.22. The summed E-state index contributed by atoms with van der Waals surface area (Å²) in [5, 5.41) is 1.15. The van der Waals surface area contributed by atoms with Crippen LogP contribution in [0.3, 0.4) is 0 Å². The van der Waals surface area contributed by atoms with Crippen LogP contribution in [0.15, 0.2) is 36.5 Å². The molecule has 0 unspecified atom stereocenters. The first kappa shape index (κ1) is 19.5. The maximum absolute atomic E-state index is 5.77. The van der Waals surface area contributed by atoms with Gasteiger partial charge in [-0.1, -0.05) is 6.07 Å². The summed E-state index contributed by atoms with van der Waals surface area (Å²) < 4.78 is 14.4. The predicted octanol–water partition coefficient (Wildman–Crippen LogP) is 2.49. The molecule has 4 nitrogen and oxygen atoms in total. The number of hydrogen-bond acceptors (Lipinski definition) is 1. The number of rotatable bonds is 8. The molecule has 0 saturated heterocycles. The average molecular weight is 399 g/mol. The van der Waals surface area contributed by atoms with Crippen molar-refractivity contribution in [1.29, 1.82) is 0 Å². The monoisotopic (exact) mass is 397 g/mol. The van der Waals surface area contributed by atoms with Gasteiger partial charge in [-0.15, -0.1) is 0 Å². The second-order valence-corrected chi connectivity index (χ2v) is 5.77. The molecule has 0 amide bonds. The number of ether oxygens (including phenoxy) is 3. The number of benzene rings is 1. The van der Waals surface area contributed by atoms with Gasteiger partial charge in [-0.05, 0) is 18.2 Å². The molecule has 1 heterocycles. The number of hydrogen-bond donors (Lipinski definition) is 0. The van der Waals surface area contributed by atoms with E-state index in [9.17, 15) is 0 Å². The molecule has 0 fully saturated rings. The number of halogens is 2.